The van der Waals surface area contributed by atoms with Crippen molar-refractivity contribution in [1.82, 2.24) is 10.2 Å². The summed E-state index contributed by atoms with van der Waals surface area (Å²) in [5.74, 6) is 0.175. The highest BCUT2D eigenvalue weighted by Gasteiger charge is 2.10. The molecule has 0 aliphatic rings. The summed E-state index contributed by atoms with van der Waals surface area (Å²) in [6.45, 7) is 5.68. The Morgan fingerprint density at radius 2 is 2.00 bits per heavy atom. The zero-order valence-corrected chi connectivity index (χ0v) is 12.4. The maximum atomic E-state index is 12.0. The minimum atomic E-state index is 0. The van der Waals surface area contributed by atoms with E-state index in [1.165, 1.54) is 11.1 Å². The number of aryl methyl sites for hydroxylation is 2. The van der Waals surface area contributed by atoms with Crippen molar-refractivity contribution < 1.29 is 4.79 Å². The molecule has 0 saturated heterocycles. The molecule has 0 aliphatic carbocycles. The van der Waals surface area contributed by atoms with Crippen molar-refractivity contribution in [3.05, 3.63) is 34.9 Å². The van der Waals surface area contributed by atoms with Gasteiger partial charge in [-0.1, -0.05) is 23.8 Å². The van der Waals surface area contributed by atoms with Crippen LogP contribution in [0.25, 0.3) is 0 Å². The number of amides is 1. The summed E-state index contributed by atoms with van der Waals surface area (Å²) in [7, 11) is 3.74. The van der Waals surface area contributed by atoms with Gasteiger partial charge >= 0.3 is 0 Å². The minimum Gasteiger partial charge on any atom is -0.344 e. The molecule has 0 spiro atoms. The van der Waals surface area contributed by atoms with Crippen molar-refractivity contribution >= 4 is 18.3 Å². The summed E-state index contributed by atoms with van der Waals surface area (Å²) in [5, 5.41) is 3.04. The fourth-order valence-electron chi connectivity index (χ4n) is 1.69. The molecule has 1 aromatic rings. The average Bonchev–Trinajstić information content (AvgIpc) is 2.30. The first-order valence-corrected chi connectivity index (χ1v) is 5.99. The Labute approximate surface area is 116 Å². The highest BCUT2D eigenvalue weighted by molar-refractivity contribution is 5.85. The Kier molecular flexibility index (Phi) is 7.64. The lowest BCUT2D eigenvalue weighted by molar-refractivity contribution is -0.129. The number of benzene rings is 1. The molecule has 0 saturated carbocycles. The van der Waals surface area contributed by atoms with E-state index in [1.54, 1.807) is 4.90 Å². The van der Waals surface area contributed by atoms with E-state index in [4.69, 9.17) is 0 Å². The minimum absolute atomic E-state index is 0. The predicted octanol–water partition coefficient (Wildman–Crippen LogP) is 1.95. The van der Waals surface area contributed by atoms with Gasteiger partial charge in [-0.2, -0.15) is 0 Å². The van der Waals surface area contributed by atoms with Crippen LogP contribution in [-0.4, -0.2) is 38.0 Å². The third kappa shape index (κ3) is 5.07. The number of halogens is 1. The molecule has 0 aromatic heterocycles. The first kappa shape index (κ1) is 16.9. The summed E-state index contributed by atoms with van der Waals surface area (Å²) in [6, 6.07) is 6.25. The van der Waals surface area contributed by atoms with Crippen LogP contribution in [0.1, 0.15) is 16.7 Å². The van der Waals surface area contributed by atoms with Crippen LogP contribution < -0.4 is 5.32 Å². The quantitative estimate of drug-likeness (QED) is 0.887. The zero-order chi connectivity index (χ0) is 12.8. The molecular weight excluding hydrogens is 248 g/mol. The monoisotopic (exact) mass is 270 g/mol. The van der Waals surface area contributed by atoms with Gasteiger partial charge in [0.1, 0.15) is 0 Å². The Bertz CT molecular complexity index is 393. The van der Waals surface area contributed by atoms with Gasteiger partial charge in [-0.25, -0.2) is 0 Å². The fraction of sp³-hybridized carbons (Fsp3) is 0.500. The van der Waals surface area contributed by atoms with Crippen molar-refractivity contribution in [2.75, 3.05) is 27.2 Å². The molecule has 3 nitrogen and oxygen atoms in total. The van der Waals surface area contributed by atoms with Crippen LogP contribution in [0.15, 0.2) is 18.2 Å². The van der Waals surface area contributed by atoms with Gasteiger partial charge in [0.05, 0.1) is 6.42 Å². The molecule has 0 fully saturated rings. The molecule has 1 aromatic carbocycles. The summed E-state index contributed by atoms with van der Waals surface area (Å²) in [6.07, 6.45) is 0.494. The SMILES string of the molecule is CNCCN(C)C(=O)Cc1cc(C)ccc1C.Cl. The summed E-state index contributed by atoms with van der Waals surface area (Å²) < 4.78 is 0. The Hall–Kier alpha value is -1.06. The third-order valence-corrected chi connectivity index (χ3v) is 2.97. The van der Waals surface area contributed by atoms with E-state index in [-0.39, 0.29) is 18.3 Å². The Morgan fingerprint density at radius 3 is 2.61 bits per heavy atom. The van der Waals surface area contributed by atoms with Crippen molar-refractivity contribution in [3.8, 4) is 0 Å². The smallest absolute Gasteiger partial charge is 0.226 e. The number of hydrogen-bond acceptors (Lipinski definition) is 2. The second-order valence-corrected chi connectivity index (χ2v) is 4.53. The molecule has 0 radical (unpaired) electrons. The number of nitrogens with zero attached hydrogens (tertiary/aromatic N) is 1. The van der Waals surface area contributed by atoms with Crippen molar-refractivity contribution in [1.29, 1.82) is 0 Å². The van der Waals surface area contributed by atoms with Crippen molar-refractivity contribution in [2.45, 2.75) is 20.3 Å². The average molecular weight is 271 g/mol. The Balaban J connectivity index is 0.00000289. The summed E-state index contributed by atoms with van der Waals surface area (Å²) in [4.78, 5) is 13.8. The molecule has 18 heavy (non-hydrogen) atoms. The molecule has 102 valence electrons. The van der Waals surface area contributed by atoms with Gasteiger partial charge in [-0.15, -0.1) is 12.4 Å². The summed E-state index contributed by atoms with van der Waals surface area (Å²) >= 11 is 0. The van der Waals surface area contributed by atoms with E-state index in [1.807, 2.05) is 14.1 Å². The lowest BCUT2D eigenvalue weighted by Crippen LogP contribution is -2.33. The maximum absolute atomic E-state index is 12.0. The third-order valence-electron chi connectivity index (χ3n) is 2.97. The van der Waals surface area contributed by atoms with Gasteiger partial charge in [0.15, 0.2) is 0 Å². The number of carbonyl (C=O) groups is 1. The van der Waals surface area contributed by atoms with E-state index >= 15 is 0 Å². The second kappa shape index (κ2) is 8.11. The molecule has 0 aliphatic heterocycles. The van der Waals surface area contributed by atoms with Gasteiger partial charge in [0, 0.05) is 20.1 Å². The first-order valence-electron chi connectivity index (χ1n) is 5.99. The van der Waals surface area contributed by atoms with Crippen LogP contribution in [-0.2, 0) is 11.2 Å². The molecular formula is C14H23ClN2O. The molecule has 1 amide bonds. The van der Waals surface area contributed by atoms with Crippen LogP contribution >= 0.6 is 12.4 Å². The maximum Gasteiger partial charge on any atom is 0.226 e. The van der Waals surface area contributed by atoms with Gasteiger partial charge in [0.2, 0.25) is 5.91 Å². The van der Waals surface area contributed by atoms with Crippen LogP contribution in [0.5, 0.6) is 0 Å². The van der Waals surface area contributed by atoms with Crippen LogP contribution in [0, 0.1) is 13.8 Å². The molecule has 0 atom stereocenters. The summed E-state index contributed by atoms with van der Waals surface area (Å²) in [5.41, 5.74) is 3.52. The molecule has 0 heterocycles. The van der Waals surface area contributed by atoms with Crippen molar-refractivity contribution in [3.63, 3.8) is 0 Å². The lowest BCUT2D eigenvalue weighted by atomic mass is 10.0. The van der Waals surface area contributed by atoms with E-state index in [0.717, 1.165) is 18.7 Å². The largest absolute Gasteiger partial charge is 0.344 e. The second-order valence-electron chi connectivity index (χ2n) is 4.53. The molecule has 0 unspecified atom stereocenters. The van der Waals surface area contributed by atoms with E-state index in [0.29, 0.717) is 6.42 Å². The van der Waals surface area contributed by atoms with Gasteiger partial charge in [0.25, 0.3) is 0 Å². The van der Waals surface area contributed by atoms with E-state index < -0.39 is 0 Å². The molecule has 0 bridgehead atoms. The predicted molar refractivity (Wildman–Crippen MR) is 78.4 cm³/mol. The topological polar surface area (TPSA) is 32.3 Å². The first-order chi connectivity index (χ1) is 8.04. The fourth-order valence-corrected chi connectivity index (χ4v) is 1.69. The number of carbonyl (C=O) groups excluding carboxylic acids is 1. The molecule has 4 heteroatoms. The number of likely N-dealkylation sites (N-methyl/N-ethyl adjacent to an activating group) is 2. The van der Waals surface area contributed by atoms with Gasteiger partial charge in [-0.05, 0) is 32.0 Å². The normalized spacial score (nSPS) is 9.78. The number of nitrogens with one attached hydrogen (secondary N) is 1. The van der Waals surface area contributed by atoms with Crippen LogP contribution in [0.3, 0.4) is 0 Å². The van der Waals surface area contributed by atoms with Gasteiger partial charge < -0.3 is 10.2 Å². The van der Waals surface area contributed by atoms with Crippen LogP contribution in [0.2, 0.25) is 0 Å². The highest BCUT2D eigenvalue weighted by atomic mass is 35.5. The molecule has 1 rings (SSSR count). The van der Waals surface area contributed by atoms with Crippen molar-refractivity contribution in [2.24, 2.45) is 0 Å². The van der Waals surface area contributed by atoms with E-state index in [2.05, 4.69) is 37.4 Å². The highest BCUT2D eigenvalue weighted by Crippen LogP contribution is 2.12. The number of rotatable bonds is 5. The van der Waals surface area contributed by atoms with E-state index in [9.17, 15) is 4.79 Å². The van der Waals surface area contributed by atoms with Crippen LogP contribution in [0.4, 0.5) is 0 Å². The lowest BCUT2D eigenvalue weighted by Gasteiger charge is -2.17. The zero-order valence-electron chi connectivity index (χ0n) is 11.6. The molecule has 1 N–H and O–H groups in total. The standard InChI is InChI=1S/C14H22N2O.ClH/c1-11-5-6-12(2)13(9-11)10-14(17)16(4)8-7-15-3;/h5-6,9,15H,7-8,10H2,1-4H3;1H. The Morgan fingerprint density at radius 1 is 1.33 bits per heavy atom. The van der Waals surface area contributed by atoms with Gasteiger partial charge in [-0.3, -0.25) is 4.79 Å². The number of hydrogen-bond donors (Lipinski definition) is 1.